The molecule has 17 heavy (non-hydrogen) atoms. The molecule has 0 amide bonds. The zero-order valence-electron chi connectivity index (χ0n) is 11.4. The summed E-state index contributed by atoms with van der Waals surface area (Å²) in [5.41, 5.74) is -0.732. The third-order valence-corrected chi connectivity index (χ3v) is 2.80. The van der Waals surface area contributed by atoms with E-state index in [2.05, 4.69) is 4.74 Å². The molecule has 0 fully saturated rings. The summed E-state index contributed by atoms with van der Waals surface area (Å²) in [6.45, 7) is 6.13. The molecule has 102 valence electrons. The Labute approximate surface area is 104 Å². The monoisotopic (exact) mass is 247 g/mol. The maximum Gasteiger partial charge on any atom is 0.306 e. The smallest absolute Gasteiger partial charge is 0.306 e. The first kappa shape index (κ1) is 16.4. The minimum atomic E-state index is -0.732. The summed E-state index contributed by atoms with van der Waals surface area (Å²) in [6, 6.07) is 0. The van der Waals surface area contributed by atoms with E-state index in [1.807, 2.05) is 11.8 Å². The second-order valence-corrected chi connectivity index (χ2v) is 4.45. The highest BCUT2D eigenvalue weighted by atomic mass is 16.5. The van der Waals surface area contributed by atoms with Crippen LogP contribution in [0.2, 0.25) is 0 Å². The number of hydrogen-bond acceptors (Lipinski definition) is 5. The van der Waals surface area contributed by atoms with E-state index < -0.39 is 5.60 Å². The molecule has 0 saturated heterocycles. The van der Waals surface area contributed by atoms with Crippen molar-refractivity contribution >= 4 is 5.97 Å². The first-order chi connectivity index (χ1) is 7.95. The van der Waals surface area contributed by atoms with Gasteiger partial charge in [-0.05, 0) is 13.3 Å². The maximum atomic E-state index is 11.1. The van der Waals surface area contributed by atoms with Crippen molar-refractivity contribution in [3.8, 4) is 0 Å². The summed E-state index contributed by atoms with van der Waals surface area (Å²) < 4.78 is 9.62. The molecule has 1 atom stereocenters. The molecule has 0 saturated carbocycles. The lowest BCUT2D eigenvalue weighted by Crippen LogP contribution is -2.42. The number of esters is 1. The van der Waals surface area contributed by atoms with Crippen LogP contribution in [0.1, 0.15) is 26.7 Å². The Morgan fingerprint density at radius 1 is 1.35 bits per heavy atom. The largest absolute Gasteiger partial charge is 0.469 e. The molecule has 0 aromatic carbocycles. The van der Waals surface area contributed by atoms with Crippen molar-refractivity contribution < 1.29 is 19.4 Å². The van der Waals surface area contributed by atoms with Gasteiger partial charge in [0.1, 0.15) is 0 Å². The Kier molecular flexibility index (Phi) is 8.12. The number of methoxy groups -OCH3 is 2. The molecular formula is C12H25NO4. The van der Waals surface area contributed by atoms with Gasteiger partial charge in [0.2, 0.25) is 0 Å². The average molecular weight is 247 g/mol. The molecule has 0 bridgehead atoms. The van der Waals surface area contributed by atoms with Crippen LogP contribution < -0.4 is 0 Å². The summed E-state index contributed by atoms with van der Waals surface area (Å²) in [5, 5.41) is 10.0. The van der Waals surface area contributed by atoms with Crippen LogP contribution in [0.5, 0.6) is 0 Å². The van der Waals surface area contributed by atoms with E-state index in [0.717, 1.165) is 0 Å². The number of aliphatic hydroxyl groups is 1. The predicted molar refractivity (Wildman–Crippen MR) is 65.9 cm³/mol. The Morgan fingerprint density at radius 3 is 2.47 bits per heavy atom. The van der Waals surface area contributed by atoms with Crippen LogP contribution in [0.3, 0.4) is 0 Å². The quantitative estimate of drug-likeness (QED) is 0.607. The molecule has 0 rings (SSSR count). The van der Waals surface area contributed by atoms with Gasteiger partial charge in [-0.15, -0.1) is 0 Å². The Morgan fingerprint density at radius 2 is 2.00 bits per heavy atom. The average Bonchev–Trinajstić information content (AvgIpc) is 2.31. The van der Waals surface area contributed by atoms with Crippen molar-refractivity contribution in [1.82, 2.24) is 4.90 Å². The van der Waals surface area contributed by atoms with Crippen molar-refractivity contribution in [2.24, 2.45) is 0 Å². The second-order valence-electron chi connectivity index (χ2n) is 4.45. The number of rotatable bonds is 9. The zero-order chi connectivity index (χ0) is 13.3. The lowest BCUT2D eigenvalue weighted by molar-refractivity contribution is -0.141. The maximum absolute atomic E-state index is 11.1. The topological polar surface area (TPSA) is 59.0 Å². The first-order valence-electron chi connectivity index (χ1n) is 5.95. The van der Waals surface area contributed by atoms with Crippen LogP contribution in [-0.2, 0) is 14.3 Å². The van der Waals surface area contributed by atoms with E-state index in [1.54, 1.807) is 14.0 Å². The molecule has 0 heterocycles. The molecule has 5 nitrogen and oxygen atoms in total. The van der Waals surface area contributed by atoms with E-state index in [1.165, 1.54) is 7.11 Å². The third-order valence-electron chi connectivity index (χ3n) is 2.80. The summed E-state index contributed by atoms with van der Waals surface area (Å²) in [4.78, 5) is 13.1. The van der Waals surface area contributed by atoms with Crippen molar-refractivity contribution in [3.63, 3.8) is 0 Å². The molecular weight excluding hydrogens is 222 g/mol. The van der Waals surface area contributed by atoms with Crippen LogP contribution in [0.25, 0.3) is 0 Å². The van der Waals surface area contributed by atoms with E-state index in [-0.39, 0.29) is 5.97 Å². The van der Waals surface area contributed by atoms with Crippen LogP contribution >= 0.6 is 0 Å². The van der Waals surface area contributed by atoms with E-state index in [4.69, 9.17) is 4.74 Å². The minimum absolute atomic E-state index is 0.233. The summed E-state index contributed by atoms with van der Waals surface area (Å²) in [7, 11) is 3.01. The Bertz CT molecular complexity index is 219. The van der Waals surface area contributed by atoms with Gasteiger partial charge < -0.3 is 14.6 Å². The number of ether oxygens (including phenoxy) is 2. The van der Waals surface area contributed by atoms with Crippen molar-refractivity contribution in [2.45, 2.75) is 32.3 Å². The van der Waals surface area contributed by atoms with Gasteiger partial charge in [0.15, 0.2) is 0 Å². The van der Waals surface area contributed by atoms with Gasteiger partial charge >= 0.3 is 5.97 Å². The van der Waals surface area contributed by atoms with Gasteiger partial charge in [-0.2, -0.15) is 0 Å². The normalized spacial score (nSPS) is 14.7. The Hall–Kier alpha value is -0.650. The van der Waals surface area contributed by atoms with Gasteiger partial charge in [0.05, 0.1) is 25.7 Å². The zero-order valence-corrected chi connectivity index (χ0v) is 11.4. The second kappa shape index (κ2) is 8.44. The number of carbonyl (C=O) groups excluding carboxylic acids is 1. The fourth-order valence-electron chi connectivity index (χ4n) is 1.44. The first-order valence-corrected chi connectivity index (χ1v) is 5.95. The number of nitrogens with zero attached hydrogens (tertiary/aromatic N) is 1. The molecule has 0 aliphatic heterocycles. The molecule has 0 aromatic rings. The van der Waals surface area contributed by atoms with Gasteiger partial charge in [-0.3, -0.25) is 9.69 Å². The van der Waals surface area contributed by atoms with Crippen molar-refractivity contribution in [1.29, 1.82) is 0 Å². The number of carbonyl (C=O) groups is 1. The molecule has 0 radical (unpaired) electrons. The van der Waals surface area contributed by atoms with Crippen molar-refractivity contribution in [3.05, 3.63) is 0 Å². The van der Waals surface area contributed by atoms with Gasteiger partial charge in [0.25, 0.3) is 0 Å². The molecule has 0 spiro atoms. The highest BCUT2D eigenvalue weighted by Crippen LogP contribution is 2.11. The molecule has 0 aliphatic carbocycles. The van der Waals surface area contributed by atoms with Gasteiger partial charge in [-0.1, -0.05) is 6.92 Å². The lowest BCUT2D eigenvalue weighted by atomic mass is 10.0. The van der Waals surface area contributed by atoms with E-state index in [0.29, 0.717) is 39.1 Å². The molecule has 1 unspecified atom stereocenters. The minimum Gasteiger partial charge on any atom is -0.469 e. The van der Waals surface area contributed by atoms with E-state index >= 15 is 0 Å². The Balaban J connectivity index is 4.17. The summed E-state index contributed by atoms with van der Waals surface area (Å²) >= 11 is 0. The molecule has 5 heteroatoms. The fraction of sp³-hybridized carbons (Fsp3) is 0.917. The summed E-state index contributed by atoms with van der Waals surface area (Å²) in [6.07, 6.45) is 1.01. The van der Waals surface area contributed by atoms with Crippen molar-refractivity contribution in [2.75, 3.05) is 40.5 Å². The molecule has 1 N–H and O–H groups in total. The van der Waals surface area contributed by atoms with E-state index in [9.17, 15) is 9.90 Å². The third kappa shape index (κ3) is 8.12. The standard InChI is InChI=1S/C12H25NO4/c1-5-12(2,15)10-13(8-9-16-3)7-6-11(14)17-4/h15H,5-10H2,1-4H3. The SMILES string of the molecule is CCC(C)(O)CN(CCOC)CCC(=O)OC. The lowest BCUT2D eigenvalue weighted by Gasteiger charge is -2.30. The van der Waals surface area contributed by atoms with Crippen LogP contribution in [0, 0.1) is 0 Å². The van der Waals surface area contributed by atoms with Crippen LogP contribution in [-0.4, -0.2) is 62.0 Å². The predicted octanol–water partition coefficient (Wildman–Crippen LogP) is 0.659. The van der Waals surface area contributed by atoms with Crippen LogP contribution in [0.4, 0.5) is 0 Å². The highest BCUT2D eigenvalue weighted by molar-refractivity contribution is 5.69. The molecule has 0 aromatic heterocycles. The fourth-order valence-corrected chi connectivity index (χ4v) is 1.44. The summed E-state index contributed by atoms with van der Waals surface area (Å²) in [5.74, 6) is -0.233. The van der Waals surface area contributed by atoms with Crippen LogP contribution in [0.15, 0.2) is 0 Å². The van der Waals surface area contributed by atoms with Gasteiger partial charge in [0, 0.05) is 26.7 Å². The molecule has 0 aliphatic rings. The highest BCUT2D eigenvalue weighted by Gasteiger charge is 2.22. The number of hydrogen-bond donors (Lipinski definition) is 1. The van der Waals surface area contributed by atoms with Gasteiger partial charge in [-0.25, -0.2) is 0 Å².